The maximum Gasteiger partial charge on any atom is 0.330 e. The molecule has 27 heavy (non-hydrogen) atoms. The number of carbonyl (C=O) groups is 2. The lowest BCUT2D eigenvalue weighted by Crippen LogP contribution is -2.58. The molecular weight excluding hydrogens is 366 g/mol. The van der Waals surface area contributed by atoms with Crippen LogP contribution < -0.4 is 5.32 Å². The molecule has 2 fully saturated rings. The van der Waals surface area contributed by atoms with Gasteiger partial charge in [-0.2, -0.15) is 0 Å². The second-order valence-corrected chi connectivity index (χ2v) is 8.88. The van der Waals surface area contributed by atoms with Gasteiger partial charge in [0.1, 0.15) is 6.10 Å². The number of nitrogens with one attached hydrogen (secondary N) is 1. The molecule has 5 atom stereocenters. The summed E-state index contributed by atoms with van der Waals surface area (Å²) in [5, 5.41) is 13.7. The van der Waals surface area contributed by atoms with Gasteiger partial charge in [-0.15, -0.1) is 0 Å². The number of amides is 1. The van der Waals surface area contributed by atoms with Crippen molar-refractivity contribution >= 4 is 23.0 Å². The molecule has 0 spiro atoms. The van der Waals surface area contributed by atoms with E-state index < -0.39 is 17.9 Å². The van der Waals surface area contributed by atoms with Crippen molar-refractivity contribution in [3.63, 3.8) is 0 Å². The van der Waals surface area contributed by atoms with Gasteiger partial charge in [-0.1, -0.05) is 36.4 Å². The highest BCUT2D eigenvalue weighted by molar-refractivity contribution is 8.14. The monoisotopic (exact) mass is 395 g/mol. The quantitative estimate of drug-likeness (QED) is 0.523. The van der Waals surface area contributed by atoms with Crippen LogP contribution in [-0.2, 0) is 14.3 Å². The lowest BCUT2D eigenvalue weighted by molar-refractivity contribution is -0.283. The van der Waals surface area contributed by atoms with Crippen LogP contribution in [0.4, 0.5) is 4.79 Å². The van der Waals surface area contributed by atoms with Crippen molar-refractivity contribution < 1.29 is 24.2 Å². The van der Waals surface area contributed by atoms with Crippen LogP contribution in [0.5, 0.6) is 0 Å². The standard InChI is InChI=1S/C20H29NO5S/c1-13-5-3-4-6-14(2)9-18(22)25-16-10-15(8-7-13)26-20(24,11-16)17-12-27-19(23)21-17/h3,5,9,13,15-17,24H,4,6-8,10-12H2,1-2H3,(H,21,23)/b5-3-,14-9-/t13-,15+,16+,17+,20-/m1/s1. The highest BCUT2D eigenvalue weighted by Crippen LogP contribution is 2.37. The Hall–Kier alpha value is -1.31. The third-order valence-corrected chi connectivity index (χ3v) is 6.28. The number of rotatable bonds is 1. The van der Waals surface area contributed by atoms with Crippen LogP contribution >= 0.6 is 11.8 Å². The molecule has 0 radical (unpaired) electrons. The third-order valence-electron chi connectivity index (χ3n) is 5.40. The molecule has 0 unspecified atom stereocenters. The zero-order chi connectivity index (χ0) is 19.4. The van der Waals surface area contributed by atoms with Gasteiger partial charge in [0, 0.05) is 24.7 Å². The number of fused-ring (bicyclic) bond motifs is 2. The summed E-state index contributed by atoms with van der Waals surface area (Å²) in [4.78, 5) is 23.9. The van der Waals surface area contributed by atoms with Gasteiger partial charge in [-0.05, 0) is 38.5 Å². The van der Waals surface area contributed by atoms with Crippen LogP contribution in [-0.4, -0.2) is 46.1 Å². The van der Waals surface area contributed by atoms with E-state index >= 15 is 0 Å². The average molecular weight is 396 g/mol. The zero-order valence-electron chi connectivity index (χ0n) is 16.0. The van der Waals surface area contributed by atoms with Gasteiger partial charge in [-0.3, -0.25) is 4.79 Å². The molecule has 3 aliphatic heterocycles. The minimum Gasteiger partial charge on any atom is -0.459 e. The number of hydrogen-bond acceptors (Lipinski definition) is 6. The fourth-order valence-corrected chi connectivity index (χ4v) is 4.75. The predicted octanol–water partition coefficient (Wildman–Crippen LogP) is 3.30. The number of allylic oxidation sites excluding steroid dienone is 3. The number of esters is 1. The fourth-order valence-electron chi connectivity index (χ4n) is 3.86. The minimum atomic E-state index is -1.51. The van der Waals surface area contributed by atoms with E-state index in [-0.39, 0.29) is 23.7 Å². The molecule has 0 saturated carbocycles. The molecule has 2 bridgehead atoms. The lowest BCUT2D eigenvalue weighted by Gasteiger charge is -2.43. The highest BCUT2D eigenvalue weighted by Gasteiger charge is 2.49. The van der Waals surface area contributed by atoms with Gasteiger partial charge in [0.05, 0.1) is 12.1 Å². The Balaban J connectivity index is 1.78. The van der Waals surface area contributed by atoms with Crippen LogP contribution in [0.2, 0.25) is 0 Å². The summed E-state index contributed by atoms with van der Waals surface area (Å²) in [6, 6.07) is -0.493. The second kappa shape index (κ2) is 8.80. The van der Waals surface area contributed by atoms with Crippen LogP contribution in [0.1, 0.15) is 52.4 Å². The van der Waals surface area contributed by atoms with Crippen LogP contribution in [0, 0.1) is 5.92 Å². The van der Waals surface area contributed by atoms with Gasteiger partial charge in [-0.25, -0.2) is 4.79 Å². The maximum absolute atomic E-state index is 12.3. The summed E-state index contributed by atoms with van der Waals surface area (Å²) in [6.07, 6.45) is 9.42. The highest BCUT2D eigenvalue weighted by atomic mass is 32.2. The number of hydrogen-bond donors (Lipinski definition) is 2. The van der Waals surface area contributed by atoms with Crippen molar-refractivity contribution in [2.45, 2.75) is 76.4 Å². The Morgan fingerprint density at radius 2 is 2.11 bits per heavy atom. The van der Waals surface area contributed by atoms with Gasteiger partial charge in [0.15, 0.2) is 5.79 Å². The van der Waals surface area contributed by atoms with E-state index in [9.17, 15) is 14.7 Å². The smallest absolute Gasteiger partial charge is 0.330 e. The number of aliphatic hydroxyl groups is 1. The molecule has 150 valence electrons. The first-order valence-corrected chi connectivity index (χ1v) is 10.7. The van der Waals surface area contributed by atoms with Crippen LogP contribution in [0.25, 0.3) is 0 Å². The largest absolute Gasteiger partial charge is 0.459 e. The Labute approximate surface area is 164 Å². The summed E-state index contributed by atoms with van der Waals surface area (Å²) in [5.41, 5.74) is 0.979. The first-order chi connectivity index (χ1) is 12.8. The molecular formula is C20H29NO5S. The Morgan fingerprint density at radius 3 is 2.85 bits per heavy atom. The van der Waals surface area contributed by atoms with Crippen molar-refractivity contribution in [1.82, 2.24) is 5.32 Å². The zero-order valence-corrected chi connectivity index (χ0v) is 16.8. The van der Waals surface area contributed by atoms with Gasteiger partial charge in [0.25, 0.3) is 5.24 Å². The Morgan fingerprint density at radius 1 is 1.30 bits per heavy atom. The van der Waals surface area contributed by atoms with E-state index in [4.69, 9.17) is 9.47 Å². The molecule has 7 heteroatoms. The minimum absolute atomic E-state index is 0.160. The Kier molecular flexibility index (Phi) is 6.65. The number of ether oxygens (including phenoxy) is 2. The number of thioether (sulfide) groups is 1. The Bertz CT molecular complexity index is 634. The summed E-state index contributed by atoms with van der Waals surface area (Å²) in [7, 11) is 0. The molecule has 6 nitrogen and oxygen atoms in total. The molecule has 3 aliphatic rings. The molecule has 3 heterocycles. The van der Waals surface area contributed by atoms with E-state index in [0.29, 0.717) is 18.1 Å². The molecule has 0 aromatic carbocycles. The van der Waals surface area contributed by atoms with Gasteiger partial charge in [0.2, 0.25) is 0 Å². The van der Waals surface area contributed by atoms with Crippen LogP contribution in [0.15, 0.2) is 23.8 Å². The topological polar surface area (TPSA) is 84.9 Å². The van der Waals surface area contributed by atoms with Crippen molar-refractivity contribution in [1.29, 1.82) is 0 Å². The molecule has 1 amide bonds. The van der Waals surface area contributed by atoms with Crippen molar-refractivity contribution in [2.75, 3.05) is 5.75 Å². The van der Waals surface area contributed by atoms with E-state index in [0.717, 1.165) is 43.0 Å². The molecule has 2 N–H and O–H groups in total. The number of carbonyl (C=O) groups excluding carboxylic acids is 2. The second-order valence-electron chi connectivity index (χ2n) is 7.89. The van der Waals surface area contributed by atoms with Crippen LogP contribution in [0.3, 0.4) is 0 Å². The molecule has 2 saturated heterocycles. The summed E-state index contributed by atoms with van der Waals surface area (Å²) in [6.45, 7) is 4.10. The SMILES string of the molecule is C/C1=C/C(=O)O[C@H]2C[C@H](CC[C@H](C)/C=C\CC1)O[C@@](O)([C@@H]1CSC(=O)N1)C2. The molecule has 0 aromatic heterocycles. The summed E-state index contributed by atoms with van der Waals surface area (Å²) >= 11 is 1.14. The van der Waals surface area contributed by atoms with Crippen molar-refractivity contribution in [3.8, 4) is 0 Å². The lowest BCUT2D eigenvalue weighted by atomic mass is 9.90. The molecule has 3 rings (SSSR count). The average Bonchev–Trinajstić information content (AvgIpc) is 3.03. The summed E-state index contributed by atoms with van der Waals surface area (Å²) in [5.74, 6) is -1.03. The van der Waals surface area contributed by atoms with E-state index in [1.165, 1.54) is 0 Å². The third kappa shape index (κ3) is 5.59. The van der Waals surface area contributed by atoms with E-state index in [1.54, 1.807) is 6.08 Å². The van der Waals surface area contributed by atoms with Gasteiger partial charge < -0.3 is 19.9 Å². The van der Waals surface area contributed by atoms with E-state index in [2.05, 4.69) is 24.4 Å². The molecule has 0 aromatic rings. The fraction of sp³-hybridized carbons (Fsp3) is 0.700. The van der Waals surface area contributed by atoms with E-state index in [1.807, 2.05) is 6.92 Å². The van der Waals surface area contributed by atoms with Crippen molar-refractivity contribution in [2.24, 2.45) is 5.92 Å². The summed E-state index contributed by atoms with van der Waals surface area (Å²) < 4.78 is 11.7. The first-order valence-electron chi connectivity index (χ1n) is 9.72. The molecule has 0 aliphatic carbocycles. The maximum atomic E-state index is 12.3. The first kappa shape index (κ1) is 20.4. The predicted molar refractivity (Wildman–Crippen MR) is 104 cm³/mol. The normalized spacial score (nSPS) is 41.7. The van der Waals surface area contributed by atoms with Gasteiger partial charge >= 0.3 is 5.97 Å². The van der Waals surface area contributed by atoms with Crippen molar-refractivity contribution in [3.05, 3.63) is 23.8 Å².